The van der Waals surface area contributed by atoms with Crippen LogP contribution in [0.3, 0.4) is 0 Å². The lowest BCUT2D eigenvalue weighted by Gasteiger charge is -2.20. The van der Waals surface area contributed by atoms with Crippen molar-refractivity contribution in [3.63, 3.8) is 0 Å². The normalized spacial score (nSPS) is 22.2. The molecule has 0 spiro atoms. The van der Waals surface area contributed by atoms with Crippen LogP contribution in [0.15, 0.2) is 36.4 Å². The molecule has 2 aliphatic rings. The number of fused-ring (bicyclic) bond motifs is 5. The van der Waals surface area contributed by atoms with E-state index < -0.39 is 0 Å². The fourth-order valence-corrected chi connectivity index (χ4v) is 4.41. The summed E-state index contributed by atoms with van der Waals surface area (Å²) in [6, 6.07) is 13.4. The lowest BCUT2D eigenvalue weighted by Crippen LogP contribution is -2.21. The van der Waals surface area contributed by atoms with E-state index in [0.717, 1.165) is 6.54 Å². The number of para-hydroxylation sites is 1. The van der Waals surface area contributed by atoms with Crippen LogP contribution in [-0.2, 0) is 6.54 Å². The van der Waals surface area contributed by atoms with Crippen LogP contribution in [0.2, 0.25) is 0 Å². The number of aromatic nitrogens is 1. The van der Waals surface area contributed by atoms with Gasteiger partial charge in [0.1, 0.15) is 0 Å². The second-order valence-corrected chi connectivity index (χ2v) is 6.25. The van der Waals surface area contributed by atoms with Gasteiger partial charge < -0.3 is 4.57 Å². The van der Waals surface area contributed by atoms with Crippen molar-refractivity contribution in [3.8, 4) is 5.69 Å². The number of nitrogens with zero attached hydrogens (tertiary/aromatic N) is 2. The van der Waals surface area contributed by atoms with E-state index in [1.807, 2.05) is 0 Å². The van der Waals surface area contributed by atoms with E-state index in [1.54, 1.807) is 0 Å². The first-order valence-corrected chi connectivity index (χ1v) is 7.51. The molecular formula is C15H16N2S. The molecule has 0 bridgehead atoms. The zero-order chi connectivity index (χ0) is 12.1. The molecule has 2 aliphatic heterocycles. The Morgan fingerprint density at radius 3 is 3.00 bits per heavy atom. The van der Waals surface area contributed by atoms with Crippen LogP contribution in [0.1, 0.15) is 22.3 Å². The Hall–Kier alpha value is -1.19. The second-order valence-electron chi connectivity index (χ2n) is 5.06. The van der Waals surface area contributed by atoms with Crippen LogP contribution < -0.4 is 0 Å². The maximum absolute atomic E-state index is 2.60. The maximum Gasteiger partial charge on any atom is 0.0974 e. The summed E-state index contributed by atoms with van der Waals surface area (Å²) in [4.78, 5) is 2.60. The summed E-state index contributed by atoms with van der Waals surface area (Å²) in [6.07, 6.45) is 0. The quantitative estimate of drug-likeness (QED) is 0.714. The summed E-state index contributed by atoms with van der Waals surface area (Å²) < 4.78 is 2.44. The van der Waals surface area contributed by atoms with E-state index >= 15 is 0 Å². The Bertz CT molecular complexity index is 602. The highest BCUT2D eigenvalue weighted by atomic mass is 32.2. The Morgan fingerprint density at radius 1 is 1.17 bits per heavy atom. The second kappa shape index (κ2) is 3.90. The minimum atomic E-state index is 0.533. The molecule has 1 aromatic heterocycles. The molecule has 3 heteroatoms. The first-order chi connectivity index (χ1) is 8.84. The summed E-state index contributed by atoms with van der Waals surface area (Å²) in [5.74, 6) is 1.25. The van der Waals surface area contributed by atoms with Gasteiger partial charge in [-0.15, -0.1) is 11.8 Å². The highest BCUT2D eigenvalue weighted by Gasteiger charge is 2.32. The minimum absolute atomic E-state index is 0.533. The van der Waals surface area contributed by atoms with Crippen molar-refractivity contribution in [1.82, 2.24) is 9.47 Å². The molecule has 92 valence electrons. The Kier molecular flexibility index (Phi) is 2.32. The predicted molar refractivity (Wildman–Crippen MR) is 76.1 cm³/mol. The van der Waals surface area contributed by atoms with Crippen molar-refractivity contribution in [2.24, 2.45) is 0 Å². The molecular weight excluding hydrogens is 240 g/mol. The SMILES string of the molecule is Cc1ccc2n1-c1ccccc1CN1CCS[C@H]21. The molecule has 1 atom stereocenters. The first-order valence-electron chi connectivity index (χ1n) is 6.47. The average molecular weight is 256 g/mol. The Balaban J connectivity index is 2.01. The van der Waals surface area contributed by atoms with Crippen LogP contribution in [0.4, 0.5) is 0 Å². The van der Waals surface area contributed by atoms with Gasteiger partial charge in [-0.2, -0.15) is 0 Å². The number of aryl methyl sites for hydroxylation is 1. The van der Waals surface area contributed by atoms with Crippen molar-refractivity contribution in [3.05, 3.63) is 53.3 Å². The molecule has 0 N–H and O–H groups in total. The van der Waals surface area contributed by atoms with Gasteiger partial charge in [0.05, 0.1) is 16.8 Å². The standard InChI is InChI=1S/C15H16N2S/c1-11-6-7-14-15-16(8-9-18-15)10-12-4-2-3-5-13(12)17(11)14/h2-7,15H,8-10H2,1H3/t15-/m1/s1. The molecule has 4 rings (SSSR count). The summed E-state index contributed by atoms with van der Waals surface area (Å²) in [6.45, 7) is 4.48. The van der Waals surface area contributed by atoms with E-state index in [1.165, 1.54) is 34.9 Å². The Labute approximate surface area is 112 Å². The largest absolute Gasteiger partial charge is 0.315 e. The molecule has 0 unspecified atom stereocenters. The number of hydrogen-bond acceptors (Lipinski definition) is 2. The summed E-state index contributed by atoms with van der Waals surface area (Å²) >= 11 is 2.07. The monoisotopic (exact) mass is 256 g/mol. The van der Waals surface area contributed by atoms with Crippen molar-refractivity contribution in [2.75, 3.05) is 12.3 Å². The Morgan fingerprint density at radius 2 is 2.06 bits per heavy atom. The van der Waals surface area contributed by atoms with Gasteiger partial charge in [0, 0.05) is 24.5 Å². The highest BCUT2D eigenvalue weighted by molar-refractivity contribution is 7.99. The third-order valence-corrected chi connectivity index (χ3v) is 5.22. The number of benzene rings is 1. The molecule has 18 heavy (non-hydrogen) atoms. The van der Waals surface area contributed by atoms with E-state index in [4.69, 9.17) is 0 Å². The van der Waals surface area contributed by atoms with Gasteiger partial charge in [0.15, 0.2) is 0 Å². The van der Waals surface area contributed by atoms with Gasteiger partial charge in [0.2, 0.25) is 0 Å². The van der Waals surface area contributed by atoms with E-state index in [0.29, 0.717) is 5.37 Å². The van der Waals surface area contributed by atoms with Crippen LogP contribution >= 0.6 is 11.8 Å². The number of rotatable bonds is 0. The zero-order valence-corrected chi connectivity index (χ0v) is 11.3. The van der Waals surface area contributed by atoms with Gasteiger partial charge in [-0.05, 0) is 30.7 Å². The molecule has 0 aliphatic carbocycles. The predicted octanol–water partition coefficient (Wildman–Crippen LogP) is 3.35. The van der Waals surface area contributed by atoms with Gasteiger partial charge in [-0.1, -0.05) is 18.2 Å². The fraction of sp³-hybridized carbons (Fsp3) is 0.333. The van der Waals surface area contributed by atoms with Crippen molar-refractivity contribution in [2.45, 2.75) is 18.8 Å². The van der Waals surface area contributed by atoms with Crippen molar-refractivity contribution in [1.29, 1.82) is 0 Å². The van der Waals surface area contributed by atoms with Crippen molar-refractivity contribution < 1.29 is 0 Å². The van der Waals surface area contributed by atoms with Crippen LogP contribution in [-0.4, -0.2) is 21.8 Å². The first kappa shape index (κ1) is 10.7. The average Bonchev–Trinajstić information content (AvgIpc) is 2.94. The zero-order valence-electron chi connectivity index (χ0n) is 10.5. The smallest absolute Gasteiger partial charge is 0.0974 e. The molecule has 2 nitrogen and oxygen atoms in total. The third kappa shape index (κ3) is 1.41. The van der Waals surface area contributed by atoms with Gasteiger partial charge in [-0.25, -0.2) is 0 Å². The third-order valence-electron chi connectivity index (χ3n) is 3.95. The lowest BCUT2D eigenvalue weighted by atomic mass is 10.1. The van der Waals surface area contributed by atoms with Crippen molar-refractivity contribution >= 4 is 11.8 Å². The summed E-state index contributed by atoms with van der Waals surface area (Å²) in [5, 5.41) is 0.533. The molecule has 1 aromatic carbocycles. The van der Waals surface area contributed by atoms with Crippen LogP contribution in [0.25, 0.3) is 5.69 Å². The molecule has 0 saturated carbocycles. The molecule has 0 amide bonds. The van der Waals surface area contributed by atoms with Crippen LogP contribution in [0, 0.1) is 6.92 Å². The molecule has 1 saturated heterocycles. The maximum atomic E-state index is 2.60. The molecule has 0 radical (unpaired) electrons. The summed E-state index contributed by atoms with van der Waals surface area (Å²) in [7, 11) is 0. The lowest BCUT2D eigenvalue weighted by molar-refractivity contribution is 0.283. The van der Waals surface area contributed by atoms with E-state index in [-0.39, 0.29) is 0 Å². The van der Waals surface area contributed by atoms with Crippen LogP contribution in [0.5, 0.6) is 0 Å². The van der Waals surface area contributed by atoms with Gasteiger partial charge in [0.25, 0.3) is 0 Å². The minimum Gasteiger partial charge on any atom is -0.315 e. The van der Waals surface area contributed by atoms with E-state index in [9.17, 15) is 0 Å². The topological polar surface area (TPSA) is 8.17 Å². The van der Waals surface area contributed by atoms with Gasteiger partial charge in [-0.3, -0.25) is 4.90 Å². The fourth-order valence-electron chi connectivity index (χ4n) is 3.10. The van der Waals surface area contributed by atoms with Gasteiger partial charge >= 0.3 is 0 Å². The molecule has 2 aromatic rings. The van der Waals surface area contributed by atoms with E-state index in [2.05, 4.69) is 64.6 Å². The summed E-state index contributed by atoms with van der Waals surface area (Å²) in [5.41, 5.74) is 5.60. The molecule has 1 fully saturated rings. The number of thioether (sulfide) groups is 1. The molecule has 3 heterocycles. The highest BCUT2D eigenvalue weighted by Crippen LogP contribution is 2.43. The number of hydrogen-bond donors (Lipinski definition) is 0.